The van der Waals surface area contributed by atoms with Gasteiger partial charge in [0, 0.05) is 0 Å². The molecule has 0 spiro atoms. The van der Waals surface area contributed by atoms with Crippen LogP contribution in [-0.2, 0) is 0 Å². The summed E-state index contributed by atoms with van der Waals surface area (Å²) in [4.78, 5) is 0. The molecular formula is C18H34. The predicted molar refractivity (Wildman–Crippen MR) is 88.9 cm³/mol. The zero-order valence-electron chi connectivity index (χ0n) is 13.6. The van der Waals surface area contributed by atoms with E-state index in [1.807, 2.05) is 26.8 Å². The van der Waals surface area contributed by atoms with Crippen LogP contribution in [0.3, 0.4) is 0 Å². The van der Waals surface area contributed by atoms with E-state index in [1.165, 1.54) is 18.4 Å². The summed E-state index contributed by atoms with van der Waals surface area (Å²) in [6.07, 6.45) is 6.11. The van der Waals surface area contributed by atoms with Crippen LogP contribution in [0.15, 0.2) is 49.6 Å². The Morgan fingerprint density at radius 2 is 1.33 bits per heavy atom. The van der Waals surface area contributed by atoms with E-state index in [2.05, 4.69) is 47.1 Å². The number of allylic oxidation sites excluding steroid dienone is 4. The molecule has 1 unspecified atom stereocenters. The third-order valence-corrected chi connectivity index (χ3v) is 2.42. The fourth-order valence-electron chi connectivity index (χ4n) is 0.970. The Morgan fingerprint density at radius 1 is 0.944 bits per heavy atom. The first kappa shape index (κ1) is 22.2. The van der Waals surface area contributed by atoms with E-state index in [-0.39, 0.29) is 0 Å². The first-order chi connectivity index (χ1) is 8.34. The second kappa shape index (κ2) is 16.0. The summed E-state index contributed by atoms with van der Waals surface area (Å²) < 4.78 is 0. The Morgan fingerprint density at radius 3 is 1.56 bits per heavy atom. The molecule has 0 aliphatic carbocycles. The lowest BCUT2D eigenvalue weighted by Crippen LogP contribution is -1.98. The number of rotatable bonds is 6. The largest absolute Gasteiger partial charge is 0.0988 e. The van der Waals surface area contributed by atoms with Crippen LogP contribution in [0.25, 0.3) is 0 Å². The van der Waals surface area contributed by atoms with Gasteiger partial charge >= 0.3 is 0 Å². The maximum Gasteiger partial charge on any atom is -0.0196 e. The van der Waals surface area contributed by atoms with Crippen molar-refractivity contribution in [1.29, 1.82) is 0 Å². The molecule has 0 aromatic heterocycles. The van der Waals surface area contributed by atoms with E-state index >= 15 is 0 Å². The van der Waals surface area contributed by atoms with Gasteiger partial charge in [0.2, 0.25) is 0 Å². The quantitative estimate of drug-likeness (QED) is 0.467. The Balaban J connectivity index is -0.000000270. The summed E-state index contributed by atoms with van der Waals surface area (Å²) in [6, 6.07) is 0. The van der Waals surface area contributed by atoms with Gasteiger partial charge in [0.1, 0.15) is 0 Å². The Bertz CT molecular complexity index is 230. The summed E-state index contributed by atoms with van der Waals surface area (Å²) in [7, 11) is 0. The number of hydrogen-bond donors (Lipinski definition) is 0. The lowest BCUT2D eigenvalue weighted by molar-refractivity contribution is 0.494. The summed E-state index contributed by atoms with van der Waals surface area (Å²) in [5.74, 6) is 1.41. The van der Waals surface area contributed by atoms with E-state index in [9.17, 15) is 0 Å². The molecule has 0 rings (SSSR count). The van der Waals surface area contributed by atoms with Crippen molar-refractivity contribution in [3.63, 3.8) is 0 Å². The molecule has 0 aliphatic heterocycles. The van der Waals surface area contributed by atoms with Gasteiger partial charge in [-0.1, -0.05) is 90.7 Å². The Labute approximate surface area is 116 Å². The van der Waals surface area contributed by atoms with Crippen molar-refractivity contribution in [2.24, 2.45) is 11.8 Å². The van der Waals surface area contributed by atoms with Crippen LogP contribution in [-0.4, -0.2) is 0 Å². The van der Waals surface area contributed by atoms with Crippen LogP contribution in [0, 0.1) is 11.8 Å². The van der Waals surface area contributed by atoms with Crippen molar-refractivity contribution < 1.29 is 0 Å². The molecule has 0 aliphatic rings. The number of hydrogen-bond acceptors (Lipinski definition) is 0. The van der Waals surface area contributed by atoms with Crippen LogP contribution in [0.4, 0.5) is 0 Å². The topological polar surface area (TPSA) is 0 Å². The van der Waals surface area contributed by atoms with Crippen molar-refractivity contribution in [2.45, 2.75) is 54.4 Å². The second-order valence-electron chi connectivity index (χ2n) is 4.70. The van der Waals surface area contributed by atoms with E-state index in [1.54, 1.807) is 6.08 Å². The highest BCUT2D eigenvalue weighted by molar-refractivity contribution is 5.13. The fourth-order valence-corrected chi connectivity index (χ4v) is 0.970. The molecule has 0 N–H and O–H groups in total. The Hall–Kier alpha value is -1.04. The molecule has 0 heteroatoms. The van der Waals surface area contributed by atoms with Gasteiger partial charge in [0.05, 0.1) is 0 Å². The summed E-state index contributed by atoms with van der Waals surface area (Å²) in [5, 5.41) is 0. The molecule has 0 amide bonds. The highest BCUT2D eigenvalue weighted by Crippen LogP contribution is 2.18. The summed E-state index contributed by atoms with van der Waals surface area (Å²) >= 11 is 0. The molecular weight excluding hydrogens is 216 g/mol. The predicted octanol–water partition coefficient (Wildman–Crippen LogP) is 6.58. The van der Waals surface area contributed by atoms with Crippen molar-refractivity contribution in [2.75, 3.05) is 0 Å². The molecule has 0 saturated heterocycles. The summed E-state index contributed by atoms with van der Waals surface area (Å²) in [5.41, 5.74) is 2.19. The van der Waals surface area contributed by atoms with Crippen LogP contribution in [0.1, 0.15) is 54.4 Å². The van der Waals surface area contributed by atoms with Gasteiger partial charge in [0.25, 0.3) is 0 Å². The summed E-state index contributed by atoms with van der Waals surface area (Å²) in [6.45, 7) is 27.3. The normalized spacial score (nSPS) is 10.2. The molecule has 0 nitrogen and oxygen atoms in total. The van der Waals surface area contributed by atoms with Gasteiger partial charge in [-0.3, -0.25) is 0 Å². The van der Waals surface area contributed by atoms with Crippen molar-refractivity contribution in [3.8, 4) is 0 Å². The molecule has 0 heterocycles. The Kier molecular flexibility index (Phi) is 19.7. The SMILES string of the molecule is C=CC(=C)C.C=CC(=C)C(C)CCC(C)C.CC. The minimum atomic E-state index is 0.606. The average molecular weight is 250 g/mol. The van der Waals surface area contributed by atoms with E-state index in [4.69, 9.17) is 0 Å². The highest BCUT2D eigenvalue weighted by atomic mass is 14.1. The van der Waals surface area contributed by atoms with Gasteiger partial charge in [-0.15, -0.1) is 0 Å². The smallest absolute Gasteiger partial charge is 0.0196 e. The van der Waals surface area contributed by atoms with Gasteiger partial charge in [-0.05, 0) is 25.2 Å². The van der Waals surface area contributed by atoms with Gasteiger partial charge < -0.3 is 0 Å². The molecule has 0 fully saturated rings. The monoisotopic (exact) mass is 250 g/mol. The zero-order chi connectivity index (χ0) is 15.1. The van der Waals surface area contributed by atoms with Crippen LogP contribution in [0.2, 0.25) is 0 Å². The third-order valence-electron chi connectivity index (χ3n) is 2.42. The van der Waals surface area contributed by atoms with E-state index < -0.39 is 0 Å². The molecule has 0 aromatic rings. The van der Waals surface area contributed by atoms with Gasteiger partial charge in [-0.25, -0.2) is 0 Å². The maximum atomic E-state index is 3.93. The lowest BCUT2D eigenvalue weighted by atomic mass is 9.94. The molecule has 1 atom stereocenters. The minimum Gasteiger partial charge on any atom is -0.0988 e. The maximum absolute atomic E-state index is 3.93. The van der Waals surface area contributed by atoms with Gasteiger partial charge in [0.15, 0.2) is 0 Å². The van der Waals surface area contributed by atoms with Crippen LogP contribution in [0.5, 0.6) is 0 Å². The first-order valence-corrected chi connectivity index (χ1v) is 6.94. The van der Waals surface area contributed by atoms with Crippen molar-refractivity contribution >= 4 is 0 Å². The zero-order valence-corrected chi connectivity index (χ0v) is 13.6. The first-order valence-electron chi connectivity index (χ1n) is 6.94. The van der Waals surface area contributed by atoms with E-state index in [0.717, 1.165) is 11.5 Å². The fraction of sp³-hybridized carbons (Fsp3) is 0.556. The lowest BCUT2D eigenvalue weighted by Gasteiger charge is -2.12. The molecule has 106 valence electrons. The average Bonchev–Trinajstić information content (AvgIpc) is 2.37. The minimum absolute atomic E-state index is 0.606. The second-order valence-corrected chi connectivity index (χ2v) is 4.70. The van der Waals surface area contributed by atoms with Crippen LogP contribution < -0.4 is 0 Å². The van der Waals surface area contributed by atoms with Crippen molar-refractivity contribution in [1.82, 2.24) is 0 Å². The third kappa shape index (κ3) is 20.4. The van der Waals surface area contributed by atoms with Crippen LogP contribution >= 0.6 is 0 Å². The molecule has 0 saturated carbocycles. The highest BCUT2D eigenvalue weighted by Gasteiger charge is 2.04. The van der Waals surface area contributed by atoms with Crippen molar-refractivity contribution in [3.05, 3.63) is 49.6 Å². The van der Waals surface area contributed by atoms with Gasteiger partial charge in [-0.2, -0.15) is 0 Å². The van der Waals surface area contributed by atoms with E-state index in [0.29, 0.717) is 5.92 Å². The molecule has 18 heavy (non-hydrogen) atoms. The standard InChI is InChI=1S/C11H20.C5H8.C2H6/c1-6-10(4)11(5)8-7-9(2)3;1-4-5(2)3;1-2/h6,9,11H,1,4,7-8H2,2-3,5H3;4H,1-2H2,3H3;1-2H3. The molecule has 0 radical (unpaired) electrons. The molecule has 0 aromatic carbocycles. The molecule has 0 bridgehead atoms.